The summed E-state index contributed by atoms with van der Waals surface area (Å²) in [6, 6.07) is 5.86. The molecule has 4 heteroatoms. The molecule has 1 amide bonds. The van der Waals surface area contributed by atoms with Crippen LogP contribution in [0.15, 0.2) is 23.1 Å². The number of aryl methyl sites for hydroxylation is 1. The van der Waals surface area contributed by atoms with Gasteiger partial charge in [-0.1, -0.05) is 19.9 Å². The summed E-state index contributed by atoms with van der Waals surface area (Å²) >= 11 is 1.59. The van der Waals surface area contributed by atoms with Crippen LogP contribution in [0.2, 0.25) is 0 Å². The highest BCUT2D eigenvalue weighted by Crippen LogP contribution is 2.26. The Hall–Kier alpha value is -1.16. The number of thioether (sulfide) groups is 1. The fourth-order valence-electron chi connectivity index (χ4n) is 2.87. The molecule has 0 aliphatic carbocycles. The van der Waals surface area contributed by atoms with Gasteiger partial charge in [-0.15, -0.1) is 11.8 Å². The topological polar surface area (TPSA) is 46.3 Å². The quantitative estimate of drug-likeness (QED) is 0.687. The molecule has 1 fully saturated rings. The normalized spacial score (nSPS) is 22.9. The molecule has 1 aliphatic heterocycles. The van der Waals surface area contributed by atoms with Crippen LogP contribution in [-0.2, 0) is 4.79 Å². The van der Waals surface area contributed by atoms with Gasteiger partial charge in [0.25, 0.3) is 0 Å². The first kappa shape index (κ1) is 15.2. The number of nitrogens with two attached hydrogens (primary N) is 1. The number of likely N-dealkylation sites (tertiary alicyclic amines) is 1. The van der Waals surface area contributed by atoms with Crippen LogP contribution in [-0.4, -0.2) is 29.6 Å². The zero-order valence-corrected chi connectivity index (χ0v) is 13.4. The third kappa shape index (κ3) is 3.92. The van der Waals surface area contributed by atoms with E-state index >= 15 is 0 Å². The van der Waals surface area contributed by atoms with Crippen LogP contribution in [0.1, 0.15) is 25.8 Å². The molecule has 2 unspecified atom stereocenters. The Morgan fingerprint density at radius 1 is 1.35 bits per heavy atom. The number of carbonyl (C=O) groups excluding carboxylic acids is 1. The lowest BCUT2D eigenvalue weighted by atomic mass is 9.92. The first-order valence-corrected chi connectivity index (χ1v) is 8.21. The van der Waals surface area contributed by atoms with Gasteiger partial charge in [0, 0.05) is 23.7 Å². The van der Waals surface area contributed by atoms with Gasteiger partial charge in [0.05, 0.1) is 5.75 Å². The average Bonchev–Trinajstić information content (AvgIpc) is 2.38. The van der Waals surface area contributed by atoms with Crippen molar-refractivity contribution < 1.29 is 4.79 Å². The van der Waals surface area contributed by atoms with Crippen LogP contribution in [0.3, 0.4) is 0 Å². The lowest BCUT2D eigenvalue weighted by molar-refractivity contribution is -0.130. The third-order valence-corrected chi connectivity index (χ3v) is 4.93. The van der Waals surface area contributed by atoms with Gasteiger partial charge in [-0.2, -0.15) is 0 Å². The molecule has 1 aromatic rings. The smallest absolute Gasteiger partial charge is 0.232 e. The van der Waals surface area contributed by atoms with Crippen molar-refractivity contribution >= 4 is 23.4 Å². The number of piperidine rings is 1. The van der Waals surface area contributed by atoms with E-state index in [1.165, 1.54) is 12.0 Å². The number of benzene rings is 1. The van der Waals surface area contributed by atoms with Gasteiger partial charge in [-0.05, 0) is 42.9 Å². The summed E-state index contributed by atoms with van der Waals surface area (Å²) < 4.78 is 0. The Morgan fingerprint density at radius 2 is 2.00 bits per heavy atom. The molecule has 3 nitrogen and oxygen atoms in total. The first-order valence-electron chi connectivity index (χ1n) is 7.22. The maximum absolute atomic E-state index is 12.3. The first-order chi connectivity index (χ1) is 9.45. The molecule has 0 aromatic heterocycles. The predicted octanol–water partition coefficient (Wildman–Crippen LogP) is 3.17. The number of hydrogen-bond acceptors (Lipinski definition) is 3. The molecule has 1 aliphatic rings. The highest BCUT2D eigenvalue weighted by molar-refractivity contribution is 8.00. The molecular formula is C16H24N2OS. The van der Waals surface area contributed by atoms with Crippen molar-refractivity contribution in [3.05, 3.63) is 23.8 Å². The fraction of sp³-hybridized carbons (Fsp3) is 0.562. The lowest BCUT2D eigenvalue weighted by Crippen LogP contribution is -2.43. The SMILES string of the molecule is Cc1ccc(N)cc1SCC(=O)N1CC(C)CC(C)C1. The summed E-state index contributed by atoms with van der Waals surface area (Å²) in [6.45, 7) is 8.31. The Morgan fingerprint density at radius 3 is 2.65 bits per heavy atom. The van der Waals surface area contributed by atoms with Crippen LogP contribution in [0, 0.1) is 18.8 Å². The second-order valence-corrected chi connectivity index (χ2v) is 7.08. The van der Waals surface area contributed by atoms with E-state index in [4.69, 9.17) is 5.73 Å². The molecule has 0 bridgehead atoms. The van der Waals surface area contributed by atoms with Crippen LogP contribution in [0.5, 0.6) is 0 Å². The number of rotatable bonds is 3. The van der Waals surface area contributed by atoms with Crippen LogP contribution in [0.25, 0.3) is 0 Å². The van der Waals surface area contributed by atoms with Gasteiger partial charge in [-0.3, -0.25) is 4.79 Å². The maximum atomic E-state index is 12.3. The van der Waals surface area contributed by atoms with E-state index in [9.17, 15) is 4.79 Å². The molecule has 0 saturated carbocycles. The number of carbonyl (C=O) groups is 1. The fourth-order valence-corrected chi connectivity index (χ4v) is 3.85. The monoisotopic (exact) mass is 292 g/mol. The Balaban J connectivity index is 1.93. The standard InChI is InChI=1S/C16H24N2OS/c1-11-6-12(2)9-18(8-11)16(19)10-20-15-7-14(17)5-4-13(15)3/h4-5,7,11-12H,6,8-10,17H2,1-3H3. The van der Waals surface area contributed by atoms with Gasteiger partial charge in [0.15, 0.2) is 0 Å². The molecule has 110 valence electrons. The molecule has 20 heavy (non-hydrogen) atoms. The van der Waals surface area contributed by atoms with Crippen molar-refractivity contribution in [2.75, 3.05) is 24.6 Å². The lowest BCUT2D eigenvalue weighted by Gasteiger charge is -2.35. The van der Waals surface area contributed by atoms with E-state index in [-0.39, 0.29) is 5.91 Å². The van der Waals surface area contributed by atoms with E-state index in [2.05, 4.69) is 20.8 Å². The second kappa shape index (κ2) is 6.53. The second-order valence-electron chi connectivity index (χ2n) is 6.06. The van der Waals surface area contributed by atoms with Gasteiger partial charge in [0.2, 0.25) is 5.91 Å². The summed E-state index contributed by atoms with van der Waals surface area (Å²) in [6.07, 6.45) is 1.23. The summed E-state index contributed by atoms with van der Waals surface area (Å²) in [7, 11) is 0. The Labute approximate surface area is 125 Å². The third-order valence-electron chi connectivity index (χ3n) is 3.78. The number of nitrogens with zero attached hydrogens (tertiary/aromatic N) is 1. The largest absolute Gasteiger partial charge is 0.399 e. The molecule has 2 rings (SSSR count). The van der Waals surface area contributed by atoms with Crippen molar-refractivity contribution in [1.82, 2.24) is 4.90 Å². The molecule has 1 saturated heterocycles. The molecule has 1 heterocycles. The van der Waals surface area contributed by atoms with Crippen molar-refractivity contribution in [3.8, 4) is 0 Å². The van der Waals surface area contributed by atoms with Crippen LogP contribution in [0.4, 0.5) is 5.69 Å². The van der Waals surface area contributed by atoms with E-state index in [1.807, 2.05) is 23.1 Å². The summed E-state index contributed by atoms with van der Waals surface area (Å²) in [5.74, 6) is 1.97. The number of amides is 1. The van der Waals surface area contributed by atoms with Crippen molar-refractivity contribution in [1.29, 1.82) is 0 Å². The highest BCUT2D eigenvalue weighted by atomic mass is 32.2. The molecule has 2 atom stereocenters. The number of nitrogen functional groups attached to an aromatic ring is 1. The molecular weight excluding hydrogens is 268 g/mol. The molecule has 0 radical (unpaired) electrons. The van der Waals surface area contributed by atoms with E-state index in [0.717, 1.165) is 23.7 Å². The van der Waals surface area contributed by atoms with E-state index in [1.54, 1.807) is 11.8 Å². The number of anilines is 1. The summed E-state index contributed by atoms with van der Waals surface area (Å²) in [5, 5.41) is 0. The van der Waals surface area contributed by atoms with E-state index < -0.39 is 0 Å². The molecule has 2 N–H and O–H groups in total. The average molecular weight is 292 g/mol. The van der Waals surface area contributed by atoms with Gasteiger partial charge in [-0.25, -0.2) is 0 Å². The van der Waals surface area contributed by atoms with Gasteiger partial charge in [0.1, 0.15) is 0 Å². The minimum absolute atomic E-state index is 0.246. The minimum Gasteiger partial charge on any atom is -0.399 e. The zero-order chi connectivity index (χ0) is 14.7. The Kier molecular flexibility index (Phi) is 4.97. The van der Waals surface area contributed by atoms with Crippen LogP contribution < -0.4 is 5.73 Å². The zero-order valence-electron chi connectivity index (χ0n) is 12.6. The summed E-state index contributed by atoms with van der Waals surface area (Å²) in [5.41, 5.74) is 7.74. The van der Waals surface area contributed by atoms with E-state index in [0.29, 0.717) is 17.6 Å². The minimum atomic E-state index is 0.246. The van der Waals surface area contributed by atoms with Crippen molar-refractivity contribution in [3.63, 3.8) is 0 Å². The van der Waals surface area contributed by atoms with Crippen molar-refractivity contribution in [2.45, 2.75) is 32.1 Å². The molecule has 0 spiro atoms. The summed E-state index contributed by atoms with van der Waals surface area (Å²) in [4.78, 5) is 15.5. The maximum Gasteiger partial charge on any atom is 0.232 e. The Bertz CT molecular complexity index is 479. The predicted molar refractivity (Wildman–Crippen MR) is 85.8 cm³/mol. The van der Waals surface area contributed by atoms with Crippen molar-refractivity contribution in [2.24, 2.45) is 11.8 Å². The van der Waals surface area contributed by atoms with Gasteiger partial charge >= 0.3 is 0 Å². The number of hydrogen-bond donors (Lipinski definition) is 1. The highest BCUT2D eigenvalue weighted by Gasteiger charge is 2.25. The van der Waals surface area contributed by atoms with Crippen LogP contribution >= 0.6 is 11.8 Å². The molecule has 1 aromatic carbocycles. The van der Waals surface area contributed by atoms with Gasteiger partial charge < -0.3 is 10.6 Å².